The molecule has 0 unspecified atom stereocenters. The summed E-state index contributed by atoms with van der Waals surface area (Å²) in [6.07, 6.45) is 5.28. The van der Waals surface area contributed by atoms with Gasteiger partial charge in [0.05, 0.1) is 5.56 Å². The molecule has 0 atom stereocenters. The standard InChI is InChI=1S/C26H28F2N2O4/c27-19-6-7-21(22(28)14-19)26(32)29-11-9-18(10-12-29)25(31)30(20-3-1-2-4-20)15-17-5-8-23-24(13-17)34-16-33-23/h5-8,13-14,18,20H,1-4,9-12,15-16H2. The molecule has 0 bridgehead atoms. The van der Waals surface area contributed by atoms with Gasteiger partial charge in [-0.05, 0) is 55.5 Å². The maximum atomic E-state index is 14.1. The van der Waals surface area contributed by atoms with E-state index in [9.17, 15) is 18.4 Å². The number of halogens is 2. The van der Waals surface area contributed by atoms with Gasteiger partial charge >= 0.3 is 0 Å². The number of ether oxygens (including phenoxy) is 2. The topological polar surface area (TPSA) is 59.1 Å². The van der Waals surface area contributed by atoms with E-state index < -0.39 is 17.5 Å². The Morgan fingerprint density at radius 1 is 0.941 bits per heavy atom. The summed E-state index contributed by atoms with van der Waals surface area (Å²) in [7, 11) is 0. The fourth-order valence-electron chi connectivity index (χ4n) is 5.24. The summed E-state index contributed by atoms with van der Waals surface area (Å²) in [5.74, 6) is -0.682. The fourth-order valence-corrected chi connectivity index (χ4v) is 5.24. The lowest BCUT2D eigenvalue weighted by atomic mass is 9.93. The maximum Gasteiger partial charge on any atom is 0.256 e. The van der Waals surface area contributed by atoms with Crippen molar-refractivity contribution in [3.8, 4) is 11.5 Å². The molecule has 6 nitrogen and oxygen atoms in total. The van der Waals surface area contributed by atoms with Crippen molar-refractivity contribution in [2.75, 3.05) is 19.9 Å². The predicted octanol–water partition coefficient (Wildman–Crippen LogP) is 4.52. The van der Waals surface area contributed by atoms with Crippen molar-refractivity contribution in [2.45, 2.75) is 51.1 Å². The lowest BCUT2D eigenvalue weighted by Crippen LogP contribution is -2.47. The third-order valence-electron chi connectivity index (χ3n) is 7.13. The third-order valence-corrected chi connectivity index (χ3v) is 7.13. The molecule has 2 fully saturated rings. The Labute approximate surface area is 197 Å². The van der Waals surface area contributed by atoms with Crippen LogP contribution in [0.5, 0.6) is 11.5 Å². The molecular weight excluding hydrogens is 442 g/mol. The van der Waals surface area contributed by atoms with Crippen molar-refractivity contribution in [3.63, 3.8) is 0 Å². The van der Waals surface area contributed by atoms with Gasteiger partial charge in [0.2, 0.25) is 12.7 Å². The lowest BCUT2D eigenvalue weighted by Gasteiger charge is -2.37. The van der Waals surface area contributed by atoms with Crippen molar-refractivity contribution in [2.24, 2.45) is 5.92 Å². The van der Waals surface area contributed by atoms with E-state index in [1.807, 2.05) is 23.1 Å². The van der Waals surface area contributed by atoms with Crippen LogP contribution in [-0.4, -0.2) is 47.5 Å². The Morgan fingerprint density at radius 2 is 1.68 bits per heavy atom. The zero-order valence-corrected chi connectivity index (χ0v) is 19.0. The molecule has 0 aromatic heterocycles. The van der Waals surface area contributed by atoms with E-state index in [1.54, 1.807) is 4.90 Å². The highest BCUT2D eigenvalue weighted by Gasteiger charge is 2.35. The van der Waals surface area contributed by atoms with Gasteiger partial charge in [-0.2, -0.15) is 0 Å². The number of hydrogen-bond acceptors (Lipinski definition) is 4. The molecule has 5 rings (SSSR count). The molecule has 0 N–H and O–H groups in total. The van der Waals surface area contributed by atoms with E-state index in [4.69, 9.17) is 9.47 Å². The zero-order chi connectivity index (χ0) is 23.7. The quantitative estimate of drug-likeness (QED) is 0.645. The molecule has 34 heavy (non-hydrogen) atoms. The Balaban J connectivity index is 1.25. The molecule has 180 valence electrons. The summed E-state index contributed by atoms with van der Waals surface area (Å²) in [6, 6.07) is 9.00. The third kappa shape index (κ3) is 4.58. The highest BCUT2D eigenvalue weighted by Crippen LogP contribution is 2.34. The highest BCUT2D eigenvalue weighted by atomic mass is 19.1. The number of rotatable bonds is 5. The number of likely N-dealkylation sites (tertiary alicyclic amines) is 1. The predicted molar refractivity (Wildman–Crippen MR) is 120 cm³/mol. The van der Waals surface area contributed by atoms with E-state index in [-0.39, 0.29) is 30.2 Å². The summed E-state index contributed by atoms with van der Waals surface area (Å²) in [5, 5.41) is 0. The Hall–Kier alpha value is -3.16. The van der Waals surface area contributed by atoms with Gasteiger partial charge in [0.25, 0.3) is 5.91 Å². The van der Waals surface area contributed by atoms with Crippen molar-refractivity contribution in [1.82, 2.24) is 9.80 Å². The molecule has 2 heterocycles. The van der Waals surface area contributed by atoms with Crippen molar-refractivity contribution in [3.05, 3.63) is 59.2 Å². The van der Waals surface area contributed by atoms with Gasteiger partial charge in [-0.3, -0.25) is 9.59 Å². The molecule has 1 saturated heterocycles. The first-order chi connectivity index (χ1) is 16.5. The van der Waals surface area contributed by atoms with Crippen LogP contribution in [-0.2, 0) is 11.3 Å². The second-order valence-electron chi connectivity index (χ2n) is 9.28. The molecule has 2 aromatic carbocycles. The monoisotopic (exact) mass is 470 g/mol. The van der Waals surface area contributed by atoms with Crippen LogP contribution in [0.3, 0.4) is 0 Å². The molecule has 0 radical (unpaired) electrons. The Kier molecular flexibility index (Phi) is 6.39. The molecule has 2 aromatic rings. The van der Waals surface area contributed by atoms with E-state index >= 15 is 0 Å². The smallest absolute Gasteiger partial charge is 0.256 e. The van der Waals surface area contributed by atoms with Crippen molar-refractivity contribution >= 4 is 11.8 Å². The average Bonchev–Trinajstić information content (AvgIpc) is 3.54. The van der Waals surface area contributed by atoms with Crippen LogP contribution in [0.25, 0.3) is 0 Å². The number of benzene rings is 2. The van der Waals surface area contributed by atoms with Crippen LogP contribution in [0.2, 0.25) is 0 Å². The Bertz CT molecular complexity index is 1080. The van der Waals surface area contributed by atoms with Crippen LogP contribution in [0, 0.1) is 17.6 Å². The SMILES string of the molecule is O=C(c1ccc(F)cc1F)N1CCC(C(=O)N(Cc2ccc3c(c2)OCO3)C2CCCC2)CC1. The van der Waals surface area contributed by atoms with Gasteiger partial charge in [-0.1, -0.05) is 18.9 Å². The molecule has 1 saturated carbocycles. The summed E-state index contributed by atoms with van der Waals surface area (Å²) >= 11 is 0. The fraction of sp³-hybridized carbons (Fsp3) is 0.462. The van der Waals surface area contributed by atoms with Crippen LogP contribution < -0.4 is 9.47 Å². The minimum Gasteiger partial charge on any atom is -0.454 e. The number of amides is 2. The van der Waals surface area contributed by atoms with Crippen LogP contribution in [0.1, 0.15) is 54.4 Å². The number of carbonyl (C=O) groups excluding carboxylic acids is 2. The van der Waals surface area contributed by atoms with Gasteiger partial charge in [0, 0.05) is 37.7 Å². The maximum absolute atomic E-state index is 14.1. The lowest BCUT2D eigenvalue weighted by molar-refractivity contribution is -0.140. The minimum absolute atomic E-state index is 0.115. The van der Waals surface area contributed by atoms with Gasteiger partial charge in [-0.15, -0.1) is 0 Å². The normalized spacial score (nSPS) is 18.4. The highest BCUT2D eigenvalue weighted by molar-refractivity contribution is 5.94. The summed E-state index contributed by atoms with van der Waals surface area (Å²) in [5.41, 5.74) is 0.866. The van der Waals surface area contributed by atoms with Gasteiger partial charge in [0.15, 0.2) is 11.5 Å². The van der Waals surface area contributed by atoms with E-state index in [1.165, 1.54) is 6.07 Å². The second kappa shape index (κ2) is 9.60. The first-order valence-corrected chi connectivity index (χ1v) is 11.9. The van der Waals surface area contributed by atoms with Gasteiger partial charge in [0.1, 0.15) is 11.6 Å². The summed E-state index contributed by atoms with van der Waals surface area (Å²) in [6.45, 7) is 1.46. The molecular formula is C26H28F2N2O4. The average molecular weight is 471 g/mol. The number of carbonyl (C=O) groups is 2. The van der Waals surface area contributed by atoms with Crippen LogP contribution >= 0.6 is 0 Å². The van der Waals surface area contributed by atoms with Crippen molar-refractivity contribution in [1.29, 1.82) is 0 Å². The molecule has 3 aliphatic rings. The summed E-state index contributed by atoms with van der Waals surface area (Å²) < 4.78 is 38.2. The molecule has 0 spiro atoms. The number of piperidine rings is 1. The number of hydrogen-bond donors (Lipinski definition) is 0. The first kappa shape index (κ1) is 22.6. The van der Waals surface area contributed by atoms with Gasteiger partial charge in [-0.25, -0.2) is 8.78 Å². The van der Waals surface area contributed by atoms with Crippen LogP contribution in [0.15, 0.2) is 36.4 Å². The number of fused-ring (bicyclic) bond motifs is 1. The van der Waals surface area contributed by atoms with E-state index in [0.717, 1.165) is 49.1 Å². The molecule has 1 aliphatic carbocycles. The van der Waals surface area contributed by atoms with E-state index in [2.05, 4.69) is 0 Å². The van der Waals surface area contributed by atoms with Crippen LogP contribution in [0.4, 0.5) is 8.78 Å². The molecule has 2 aliphatic heterocycles. The first-order valence-electron chi connectivity index (χ1n) is 11.9. The zero-order valence-electron chi connectivity index (χ0n) is 19.0. The molecule has 2 amide bonds. The Morgan fingerprint density at radius 3 is 2.41 bits per heavy atom. The molecule has 8 heteroatoms. The van der Waals surface area contributed by atoms with Crippen molar-refractivity contribution < 1.29 is 27.8 Å². The van der Waals surface area contributed by atoms with Gasteiger partial charge < -0.3 is 19.3 Å². The largest absolute Gasteiger partial charge is 0.454 e. The summed E-state index contributed by atoms with van der Waals surface area (Å²) in [4.78, 5) is 29.9. The minimum atomic E-state index is -0.862. The van der Waals surface area contributed by atoms with E-state index in [0.29, 0.717) is 38.2 Å². The second-order valence-corrected chi connectivity index (χ2v) is 9.28. The number of nitrogens with zero attached hydrogens (tertiary/aromatic N) is 2.